The van der Waals surface area contributed by atoms with Crippen molar-refractivity contribution in [2.45, 2.75) is 79.6 Å². The van der Waals surface area contributed by atoms with Crippen LogP contribution in [-0.2, 0) is 81.7 Å². The van der Waals surface area contributed by atoms with Crippen LogP contribution < -0.4 is 62.6 Å². The van der Waals surface area contributed by atoms with Gasteiger partial charge in [0.25, 0.3) is 5.91 Å². The van der Waals surface area contributed by atoms with Crippen LogP contribution in [0.25, 0.3) is 33.4 Å². The molecule has 0 bridgehead atoms. The molecule has 4 unspecified atom stereocenters. The number of carboxylic acids is 1. The molecule has 0 radical (unpaired) electrons. The predicted octanol–water partition coefficient (Wildman–Crippen LogP) is 25.7. The van der Waals surface area contributed by atoms with Gasteiger partial charge in [-0.05, 0) is 165 Å². The Kier molecular flexibility index (Phi) is 33.6. The number of hydrogen-bond acceptors (Lipinski definition) is 14. The molecule has 0 aliphatic carbocycles. The monoisotopic (exact) mass is 2180 g/mol. The Morgan fingerprint density at radius 1 is 0.277 bits per heavy atom. The second-order valence-electron chi connectivity index (χ2n) is 34.1. The average Bonchev–Trinajstić information content (AvgIpc) is 1.62. The van der Waals surface area contributed by atoms with Crippen molar-refractivity contribution in [1.29, 1.82) is 0 Å². The van der Waals surface area contributed by atoms with Crippen molar-refractivity contribution in [1.82, 2.24) is 0 Å². The Hall–Kier alpha value is -11.7. The van der Waals surface area contributed by atoms with E-state index in [9.17, 15) is 14.7 Å². The van der Waals surface area contributed by atoms with Crippen molar-refractivity contribution in [2.24, 2.45) is 28.7 Å². The zero-order chi connectivity index (χ0) is 98.5. The van der Waals surface area contributed by atoms with Gasteiger partial charge in [0, 0.05) is 154 Å². The maximum absolute atomic E-state index is 12.0. The third-order valence-corrected chi connectivity index (χ3v) is 30.9. The number of carbonyl (C=O) groups is 2. The molecule has 0 saturated carbocycles. The SMILES string of the molecule is C.NC(=O)C1(c2ccccc2)Cc2c(ccc(Cl)c2Br)O1.NCC1(c2ccccc2)Cc2c(ccc(Cl)c2-c2ccccc2)O1.NCC1(c2ccccc2)Cc2c(ccc(Cl)c2Br)O1.NC[C@@]1(c2ccccc2)Cc2c(ccc(Cl)c2-c2ccccc2)O1.NC[C@]1(c2ccccc2)Cc2c(ccc(Cl)c2-c2ccccc2)O1.O=C(O)C1(c2ccccc2)Cc2c(ccc(Cl)c2Br)O1.OB(O)c1ccccc1. The lowest BCUT2D eigenvalue weighted by atomic mass is 9.81. The molecule has 1 amide bonds. The Morgan fingerprint density at radius 3 is 0.730 bits per heavy atom. The molecule has 0 saturated heterocycles. The van der Waals surface area contributed by atoms with E-state index in [-0.39, 0.29) is 13.8 Å². The first-order chi connectivity index (χ1) is 67.8. The lowest BCUT2D eigenvalue weighted by molar-refractivity contribution is -0.154. The molecule has 141 heavy (non-hydrogen) atoms. The van der Waals surface area contributed by atoms with Gasteiger partial charge in [0.05, 0.1) is 15.1 Å². The number of aliphatic carboxylic acids is 1. The summed E-state index contributed by atoms with van der Waals surface area (Å²) in [4.78, 5) is 23.9. The fraction of sp³-hybridized carbons (Fsp3) is 0.148. The molecule has 16 aromatic rings. The summed E-state index contributed by atoms with van der Waals surface area (Å²) in [5.41, 5.74) is 44.2. The van der Waals surface area contributed by atoms with E-state index in [1.807, 2.05) is 231 Å². The lowest BCUT2D eigenvalue weighted by Crippen LogP contribution is -2.45. The summed E-state index contributed by atoms with van der Waals surface area (Å²) in [7, 11) is -1.34. The average molecular weight is 2190 g/mol. The van der Waals surface area contributed by atoms with Crippen LogP contribution >= 0.6 is 117 Å². The minimum Gasteiger partial charge on any atom is -0.481 e. The Bertz CT molecular complexity index is 6600. The molecule has 0 aromatic heterocycles. The molecule has 6 atom stereocenters. The van der Waals surface area contributed by atoms with E-state index in [4.69, 9.17) is 137 Å². The van der Waals surface area contributed by atoms with E-state index >= 15 is 0 Å². The fourth-order valence-electron chi connectivity index (χ4n) is 18.4. The van der Waals surface area contributed by atoms with Crippen LogP contribution in [0.2, 0.25) is 30.1 Å². The number of carbonyl (C=O) groups excluding carboxylic acids is 1. The molecule has 22 rings (SSSR count). The molecule has 26 heteroatoms. The van der Waals surface area contributed by atoms with Crippen molar-refractivity contribution in [3.05, 3.63) is 486 Å². The number of carboxylic acid groups (broad SMARTS) is 1. The van der Waals surface area contributed by atoms with E-state index < -0.39 is 52.6 Å². The number of fused-ring (bicyclic) bond motifs is 6. The van der Waals surface area contributed by atoms with Gasteiger partial charge in [-0.15, -0.1) is 0 Å². The molecule has 16 nitrogen and oxygen atoms in total. The lowest BCUT2D eigenvalue weighted by Gasteiger charge is -2.27. The first-order valence-corrected chi connectivity index (χ1v) is 49.6. The number of benzene rings is 16. The maximum atomic E-state index is 12.0. The van der Waals surface area contributed by atoms with Gasteiger partial charge in [-0.25, -0.2) is 4.79 Å². The number of amides is 1. The minimum absolute atomic E-state index is 0. The molecule has 716 valence electrons. The number of primary amides is 1. The van der Waals surface area contributed by atoms with Crippen molar-refractivity contribution >= 4 is 142 Å². The van der Waals surface area contributed by atoms with E-state index in [0.717, 1.165) is 148 Å². The smallest absolute Gasteiger partial charge is 0.481 e. The summed E-state index contributed by atoms with van der Waals surface area (Å²) in [5.74, 6) is 3.11. The second kappa shape index (κ2) is 45.7. The van der Waals surface area contributed by atoms with Crippen LogP contribution in [0.4, 0.5) is 0 Å². The van der Waals surface area contributed by atoms with Gasteiger partial charge in [-0.1, -0.05) is 380 Å². The highest BCUT2D eigenvalue weighted by Crippen LogP contribution is 2.55. The van der Waals surface area contributed by atoms with E-state index in [2.05, 4.69) is 121 Å². The van der Waals surface area contributed by atoms with Gasteiger partial charge >= 0.3 is 13.1 Å². The Labute approximate surface area is 876 Å². The van der Waals surface area contributed by atoms with Gasteiger partial charge in [0.1, 0.15) is 34.5 Å². The van der Waals surface area contributed by atoms with Crippen LogP contribution in [0.15, 0.2) is 390 Å². The van der Waals surface area contributed by atoms with Crippen molar-refractivity contribution < 1.29 is 53.2 Å². The summed E-state index contributed by atoms with van der Waals surface area (Å²) in [6, 6.07) is 120. The quantitative estimate of drug-likeness (QED) is 0.0418. The standard InChI is InChI=1S/3C21H18ClNO.C15H11BrClNO2.C15H13BrClNO.C15H10BrClO3.C6H7BO2.CH4/c3*22-18-11-12-19-17(20(18)15-7-3-1-4-8-15)13-21(14-23,24-19)16-9-5-2-6-10-16;16-13-10-8-15(14(18)19,9-4-2-1-3-5-9)20-12(10)7-6-11(13)17;16-14-11-8-15(9-18,10-4-2-1-3-5-10)19-13(11)7-6-12(14)17;16-13-10-8-15(14(18)19,9-4-2-1-3-5-9)20-12(10)7-6-11(13)17;8-7(9)6-4-2-1-3-5-6;/h3*1-12H,13-14,23H2;1-7H,8H2,(H2,18,19);1-7H,8-9,18H2;1-7H,8H2,(H,18,19);1-5,8-9H;1H4/t2*21-;;;;;;/m10....../s1. The Morgan fingerprint density at radius 2 is 0.482 bits per heavy atom. The largest absolute Gasteiger partial charge is 0.488 e. The molecule has 6 aliphatic heterocycles. The molecule has 0 fully saturated rings. The third kappa shape index (κ3) is 21.8. The molecular weight excluding hydrogens is 2090 g/mol. The van der Waals surface area contributed by atoms with Crippen LogP contribution in [-0.4, -0.2) is 60.3 Å². The first-order valence-electron chi connectivity index (χ1n) is 45.0. The predicted molar refractivity (Wildman–Crippen MR) is 579 cm³/mol. The highest BCUT2D eigenvalue weighted by atomic mass is 79.9. The Balaban J connectivity index is 0.000000126. The van der Waals surface area contributed by atoms with Crippen molar-refractivity contribution in [3.8, 4) is 67.9 Å². The van der Waals surface area contributed by atoms with Gasteiger partial charge < -0.3 is 72.2 Å². The van der Waals surface area contributed by atoms with Crippen LogP contribution in [0, 0.1) is 0 Å². The normalized spacial score (nSPS) is 18.8. The number of hydrogen-bond donors (Lipinski definition) is 8. The van der Waals surface area contributed by atoms with Crippen molar-refractivity contribution in [2.75, 3.05) is 26.2 Å². The summed E-state index contributed by atoms with van der Waals surface area (Å²) in [6.07, 6.45) is 3.48. The topological polar surface area (TPSA) is 280 Å². The van der Waals surface area contributed by atoms with E-state index in [0.29, 0.717) is 93.9 Å². The number of nitrogens with two attached hydrogens (primary N) is 5. The van der Waals surface area contributed by atoms with Crippen LogP contribution in [0.3, 0.4) is 0 Å². The highest BCUT2D eigenvalue weighted by Gasteiger charge is 2.52. The number of halogens is 9. The van der Waals surface area contributed by atoms with Crippen molar-refractivity contribution in [3.63, 3.8) is 0 Å². The molecule has 6 aliphatic rings. The molecule has 16 aromatic carbocycles. The van der Waals surface area contributed by atoms with E-state index in [1.54, 1.807) is 72.8 Å². The summed E-state index contributed by atoms with van der Waals surface area (Å²) in [5, 5.41) is 30.9. The molecule has 6 heterocycles. The second-order valence-corrected chi connectivity index (χ2v) is 38.9. The van der Waals surface area contributed by atoms with Gasteiger partial charge in [-0.3, -0.25) is 4.79 Å². The third-order valence-electron chi connectivity index (χ3n) is 25.6. The number of rotatable bonds is 16. The fourth-order valence-corrected chi connectivity index (χ4v) is 21.2. The molecule has 13 N–H and O–H groups in total. The first kappa shape index (κ1) is 104. The van der Waals surface area contributed by atoms with Crippen LogP contribution in [0.5, 0.6) is 34.5 Å². The summed E-state index contributed by atoms with van der Waals surface area (Å²) < 4.78 is 39.3. The zero-order valence-electron chi connectivity index (χ0n) is 75.3. The minimum atomic E-state index is -1.39. The van der Waals surface area contributed by atoms with E-state index in [1.165, 1.54) is 0 Å². The molecular formula is C115H99BBr3Cl6N5O11. The zero-order valence-corrected chi connectivity index (χ0v) is 84.6. The van der Waals surface area contributed by atoms with Gasteiger partial charge in [0.2, 0.25) is 11.2 Å². The van der Waals surface area contributed by atoms with Crippen LogP contribution in [0.1, 0.15) is 74.2 Å². The maximum Gasteiger partial charge on any atom is 0.488 e. The van der Waals surface area contributed by atoms with Gasteiger partial charge in [-0.2, -0.15) is 0 Å². The summed E-state index contributed by atoms with van der Waals surface area (Å²) >= 11 is 48.3. The number of ether oxygens (including phenoxy) is 6. The van der Waals surface area contributed by atoms with Gasteiger partial charge in [0.15, 0.2) is 22.4 Å². The molecule has 0 spiro atoms. The highest BCUT2D eigenvalue weighted by molar-refractivity contribution is 9.11. The summed E-state index contributed by atoms with van der Waals surface area (Å²) in [6.45, 7) is 1.67.